The van der Waals surface area contributed by atoms with Crippen molar-refractivity contribution < 1.29 is 20.1 Å². The lowest BCUT2D eigenvalue weighted by Crippen LogP contribution is -2.44. The van der Waals surface area contributed by atoms with Crippen LogP contribution >= 0.6 is 11.3 Å². The lowest BCUT2D eigenvalue weighted by Gasteiger charge is -2.27. The van der Waals surface area contributed by atoms with E-state index in [0.29, 0.717) is 12.2 Å². The van der Waals surface area contributed by atoms with Gasteiger partial charge in [0.05, 0.1) is 18.5 Å². The van der Waals surface area contributed by atoms with E-state index in [0.717, 1.165) is 22.3 Å². The number of aliphatic hydroxyl groups excluding tert-OH is 2. The molecule has 0 saturated carbocycles. The number of nitrogens with zero attached hydrogens (tertiary/aromatic N) is 3. The van der Waals surface area contributed by atoms with E-state index in [1.54, 1.807) is 15.9 Å². The summed E-state index contributed by atoms with van der Waals surface area (Å²) in [6.45, 7) is 1.82. The highest BCUT2D eigenvalue weighted by Gasteiger charge is 2.53. The SMILES string of the molecule is C[C@]1(O)C(n2cc3c4c(ncnc42)NCc2sccc2-3)O[C@H](CO)[C@H]1O. The molecule has 0 bridgehead atoms. The summed E-state index contributed by atoms with van der Waals surface area (Å²) in [6.07, 6.45) is 0.402. The fourth-order valence-corrected chi connectivity index (χ4v) is 4.70. The second-order valence-electron chi connectivity index (χ2n) is 6.86. The summed E-state index contributed by atoms with van der Waals surface area (Å²) in [5, 5.41) is 36.9. The second kappa shape index (κ2) is 5.48. The van der Waals surface area contributed by atoms with Crippen molar-refractivity contribution in [2.24, 2.45) is 0 Å². The zero-order valence-electron chi connectivity index (χ0n) is 14.0. The topological polar surface area (TPSA) is 113 Å². The maximum atomic E-state index is 10.9. The van der Waals surface area contributed by atoms with Gasteiger partial charge in [0.2, 0.25) is 0 Å². The third kappa shape index (κ3) is 2.03. The highest BCUT2D eigenvalue weighted by molar-refractivity contribution is 7.10. The van der Waals surface area contributed by atoms with Crippen molar-refractivity contribution in [1.29, 1.82) is 0 Å². The van der Waals surface area contributed by atoms with Crippen LogP contribution in [0.1, 0.15) is 18.0 Å². The summed E-state index contributed by atoms with van der Waals surface area (Å²) in [7, 11) is 0. The first-order valence-corrected chi connectivity index (χ1v) is 9.23. The lowest BCUT2D eigenvalue weighted by atomic mass is 9.96. The minimum absolute atomic E-state index is 0.379. The molecule has 1 unspecified atom stereocenters. The maximum Gasteiger partial charge on any atom is 0.167 e. The molecule has 26 heavy (non-hydrogen) atoms. The molecule has 0 radical (unpaired) electrons. The van der Waals surface area contributed by atoms with E-state index in [2.05, 4.69) is 21.4 Å². The van der Waals surface area contributed by atoms with Crippen LogP contribution in [0.5, 0.6) is 0 Å². The molecule has 4 atom stereocenters. The highest BCUT2D eigenvalue weighted by atomic mass is 32.1. The normalized spacial score (nSPS) is 30.2. The molecule has 2 aliphatic heterocycles. The summed E-state index contributed by atoms with van der Waals surface area (Å²) in [6, 6.07) is 2.06. The molecule has 0 aromatic carbocycles. The number of ether oxygens (including phenoxy) is 1. The van der Waals surface area contributed by atoms with E-state index < -0.39 is 24.0 Å². The number of rotatable bonds is 2. The van der Waals surface area contributed by atoms with E-state index in [1.165, 1.54) is 18.1 Å². The Labute approximate surface area is 152 Å². The van der Waals surface area contributed by atoms with Crippen molar-refractivity contribution in [3.63, 3.8) is 0 Å². The van der Waals surface area contributed by atoms with Crippen LogP contribution in [0.3, 0.4) is 0 Å². The van der Waals surface area contributed by atoms with Gasteiger partial charge < -0.3 is 29.9 Å². The summed E-state index contributed by atoms with van der Waals surface area (Å²) >= 11 is 1.67. The average molecular weight is 374 g/mol. The third-order valence-corrected chi connectivity index (χ3v) is 6.17. The van der Waals surface area contributed by atoms with Crippen molar-refractivity contribution in [1.82, 2.24) is 14.5 Å². The number of nitrogens with one attached hydrogen (secondary N) is 1. The average Bonchev–Trinajstić information content (AvgIpc) is 3.27. The van der Waals surface area contributed by atoms with Gasteiger partial charge in [0.15, 0.2) is 6.23 Å². The van der Waals surface area contributed by atoms with Crippen LogP contribution in [0.2, 0.25) is 0 Å². The van der Waals surface area contributed by atoms with Crippen LogP contribution in [0.4, 0.5) is 5.82 Å². The molecule has 0 spiro atoms. The lowest BCUT2D eigenvalue weighted by molar-refractivity contribution is -0.0948. The molecular weight excluding hydrogens is 356 g/mol. The highest BCUT2D eigenvalue weighted by Crippen LogP contribution is 2.45. The predicted molar refractivity (Wildman–Crippen MR) is 95.8 cm³/mol. The number of hydrogen-bond acceptors (Lipinski definition) is 8. The van der Waals surface area contributed by atoms with Crippen molar-refractivity contribution in [2.45, 2.75) is 37.5 Å². The predicted octanol–water partition coefficient (Wildman–Crippen LogP) is 1.09. The van der Waals surface area contributed by atoms with Crippen LogP contribution in [0.15, 0.2) is 24.0 Å². The smallest absolute Gasteiger partial charge is 0.167 e. The molecule has 8 nitrogen and oxygen atoms in total. The van der Waals surface area contributed by atoms with Gasteiger partial charge >= 0.3 is 0 Å². The van der Waals surface area contributed by atoms with Crippen LogP contribution in [-0.2, 0) is 11.3 Å². The van der Waals surface area contributed by atoms with Gasteiger partial charge in [-0.25, -0.2) is 9.97 Å². The molecular formula is C17H18N4O4S. The van der Waals surface area contributed by atoms with E-state index in [1.807, 2.05) is 11.6 Å². The minimum atomic E-state index is -1.57. The fraction of sp³-hybridized carbons (Fsp3) is 0.412. The molecule has 3 aromatic rings. The van der Waals surface area contributed by atoms with Crippen LogP contribution in [0.25, 0.3) is 22.2 Å². The number of aliphatic hydroxyl groups is 3. The molecule has 4 N–H and O–H groups in total. The largest absolute Gasteiger partial charge is 0.394 e. The van der Waals surface area contributed by atoms with Gasteiger partial charge in [-0.05, 0) is 23.9 Å². The molecule has 9 heteroatoms. The Morgan fingerprint density at radius 1 is 1.42 bits per heavy atom. The zero-order chi connectivity index (χ0) is 18.1. The van der Waals surface area contributed by atoms with E-state index in [-0.39, 0.29) is 6.61 Å². The van der Waals surface area contributed by atoms with Gasteiger partial charge in [0.25, 0.3) is 0 Å². The molecule has 136 valence electrons. The summed E-state index contributed by atoms with van der Waals surface area (Å²) in [5.41, 5.74) is 1.08. The Hall–Kier alpha value is -2.04. The Morgan fingerprint density at radius 3 is 3.04 bits per heavy atom. The van der Waals surface area contributed by atoms with Gasteiger partial charge in [0, 0.05) is 16.6 Å². The standard InChI is InChI=1S/C17H18N4O4S/c1-17(24)13(23)10(6-22)25-16(17)21-5-9-8-2-3-26-11(8)4-18-14-12(9)15(21)20-7-19-14/h2-3,5,7,10,13,16,22-24H,4,6H2,1H3,(H,18,19,20)/t10-,13-,16?,17-/m1/s1. The maximum absolute atomic E-state index is 10.9. The Morgan fingerprint density at radius 2 is 2.27 bits per heavy atom. The van der Waals surface area contributed by atoms with E-state index in [9.17, 15) is 15.3 Å². The first kappa shape index (κ1) is 16.2. The molecule has 5 heterocycles. The van der Waals surface area contributed by atoms with Crippen molar-refractivity contribution >= 4 is 28.2 Å². The zero-order valence-corrected chi connectivity index (χ0v) is 14.8. The summed E-state index contributed by atoms with van der Waals surface area (Å²) in [4.78, 5) is 9.96. The van der Waals surface area contributed by atoms with Crippen LogP contribution in [-0.4, -0.2) is 54.3 Å². The molecule has 1 saturated heterocycles. The first-order chi connectivity index (χ1) is 12.5. The van der Waals surface area contributed by atoms with Crippen LogP contribution < -0.4 is 5.32 Å². The van der Waals surface area contributed by atoms with Gasteiger partial charge in [-0.3, -0.25) is 0 Å². The number of hydrogen-bond donors (Lipinski definition) is 4. The number of aromatic nitrogens is 3. The molecule has 0 aliphatic carbocycles. The van der Waals surface area contributed by atoms with Gasteiger partial charge in [-0.15, -0.1) is 11.3 Å². The van der Waals surface area contributed by atoms with Crippen LogP contribution in [0, 0.1) is 0 Å². The number of thiophene rings is 1. The molecule has 3 aromatic heterocycles. The number of anilines is 1. The minimum Gasteiger partial charge on any atom is -0.394 e. The number of fused-ring (bicyclic) bond motifs is 2. The third-order valence-electron chi connectivity index (χ3n) is 5.25. The first-order valence-electron chi connectivity index (χ1n) is 8.35. The monoisotopic (exact) mass is 374 g/mol. The van der Waals surface area contributed by atoms with Gasteiger partial charge in [-0.1, -0.05) is 0 Å². The Balaban J connectivity index is 1.75. The van der Waals surface area contributed by atoms with Gasteiger partial charge in [-0.2, -0.15) is 0 Å². The summed E-state index contributed by atoms with van der Waals surface area (Å²) in [5.74, 6) is 0.726. The van der Waals surface area contributed by atoms with Crippen molar-refractivity contribution in [3.05, 3.63) is 28.8 Å². The van der Waals surface area contributed by atoms with Gasteiger partial charge in [0.1, 0.15) is 35.6 Å². The molecule has 5 rings (SSSR count). The fourth-order valence-electron chi connectivity index (χ4n) is 3.87. The Bertz CT molecular complexity index is 998. The molecule has 1 fully saturated rings. The quantitative estimate of drug-likeness (QED) is 0.531. The van der Waals surface area contributed by atoms with E-state index in [4.69, 9.17) is 4.74 Å². The van der Waals surface area contributed by atoms with Crippen molar-refractivity contribution in [2.75, 3.05) is 11.9 Å². The molecule has 0 amide bonds. The Kier molecular flexibility index (Phi) is 3.40. The van der Waals surface area contributed by atoms with E-state index >= 15 is 0 Å². The molecule has 2 aliphatic rings. The second-order valence-corrected chi connectivity index (χ2v) is 7.86. The van der Waals surface area contributed by atoms with Crippen molar-refractivity contribution in [3.8, 4) is 11.1 Å². The summed E-state index contributed by atoms with van der Waals surface area (Å²) < 4.78 is 7.51.